The van der Waals surface area contributed by atoms with Crippen molar-refractivity contribution >= 4 is 34.8 Å². The van der Waals surface area contributed by atoms with Crippen molar-refractivity contribution in [3.8, 4) is 5.75 Å². The van der Waals surface area contributed by atoms with E-state index in [0.29, 0.717) is 40.2 Å². The zero-order valence-corrected chi connectivity index (χ0v) is 20.1. The number of carbonyl (C=O) groups is 1. The van der Waals surface area contributed by atoms with Gasteiger partial charge in [-0.2, -0.15) is 5.10 Å². The summed E-state index contributed by atoms with van der Waals surface area (Å²) in [4.78, 5) is 12.8. The molecule has 174 valence electrons. The van der Waals surface area contributed by atoms with Gasteiger partial charge in [-0.05, 0) is 73.5 Å². The minimum absolute atomic E-state index is 0.230. The second kappa shape index (κ2) is 10.3. The number of nitrogens with one attached hydrogen (secondary N) is 1. The summed E-state index contributed by atoms with van der Waals surface area (Å²) < 4.78 is 20.5. The molecule has 0 aliphatic heterocycles. The Morgan fingerprint density at radius 1 is 0.971 bits per heavy atom. The summed E-state index contributed by atoms with van der Waals surface area (Å²) in [7, 11) is 0. The fraction of sp³-hybridized carbons (Fsp3) is 0.154. The van der Waals surface area contributed by atoms with Gasteiger partial charge < -0.3 is 10.1 Å². The van der Waals surface area contributed by atoms with Gasteiger partial charge in [0.25, 0.3) is 5.91 Å². The molecule has 4 aromatic rings. The highest BCUT2D eigenvalue weighted by molar-refractivity contribution is 6.42. The summed E-state index contributed by atoms with van der Waals surface area (Å²) in [5.74, 6) is 0.0338. The second-order valence-electron chi connectivity index (χ2n) is 7.85. The molecule has 5 nitrogen and oxygen atoms in total. The van der Waals surface area contributed by atoms with Gasteiger partial charge in [0.05, 0.1) is 33.7 Å². The van der Waals surface area contributed by atoms with E-state index >= 15 is 0 Å². The van der Waals surface area contributed by atoms with E-state index in [9.17, 15) is 9.18 Å². The normalized spacial score (nSPS) is 10.9. The van der Waals surface area contributed by atoms with E-state index in [0.717, 1.165) is 22.5 Å². The van der Waals surface area contributed by atoms with Crippen LogP contribution in [0.1, 0.15) is 32.9 Å². The van der Waals surface area contributed by atoms with Gasteiger partial charge in [0.1, 0.15) is 18.2 Å². The average molecular weight is 498 g/mol. The predicted molar refractivity (Wildman–Crippen MR) is 132 cm³/mol. The first kappa shape index (κ1) is 23.8. The van der Waals surface area contributed by atoms with Crippen LogP contribution in [0, 0.1) is 19.7 Å². The van der Waals surface area contributed by atoms with Crippen LogP contribution in [0.2, 0.25) is 10.0 Å². The average Bonchev–Trinajstić information content (AvgIpc) is 3.08. The van der Waals surface area contributed by atoms with Gasteiger partial charge >= 0.3 is 0 Å². The molecule has 0 unspecified atom stereocenters. The van der Waals surface area contributed by atoms with Crippen LogP contribution in [0.3, 0.4) is 0 Å². The molecule has 8 heteroatoms. The Balaban J connectivity index is 1.41. The Hall–Kier alpha value is -3.35. The maximum absolute atomic E-state index is 13.0. The van der Waals surface area contributed by atoms with Gasteiger partial charge in [0, 0.05) is 5.56 Å². The van der Waals surface area contributed by atoms with Crippen molar-refractivity contribution in [2.75, 3.05) is 5.32 Å². The van der Waals surface area contributed by atoms with E-state index in [2.05, 4.69) is 10.4 Å². The smallest absolute Gasteiger partial charge is 0.255 e. The van der Waals surface area contributed by atoms with E-state index in [1.165, 1.54) is 12.1 Å². The third-order valence-corrected chi connectivity index (χ3v) is 6.11. The van der Waals surface area contributed by atoms with Crippen LogP contribution in [0.15, 0.2) is 66.7 Å². The molecule has 1 aromatic heterocycles. The SMILES string of the molecule is Cc1nn(Cc2ccc(Cl)c(Cl)c2)c(C)c1NC(=O)c1ccc(COc2ccc(F)cc2)cc1. The van der Waals surface area contributed by atoms with Gasteiger partial charge in [-0.15, -0.1) is 0 Å². The highest BCUT2D eigenvalue weighted by Crippen LogP contribution is 2.25. The molecule has 0 bridgehead atoms. The lowest BCUT2D eigenvalue weighted by Gasteiger charge is -2.09. The summed E-state index contributed by atoms with van der Waals surface area (Å²) in [6, 6.07) is 18.4. The van der Waals surface area contributed by atoms with Gasteiger partial charge in [-0.3, -0.25) is 9.48 Å². The molecule has 3 aromatic carbocycles. The molecule has 0 radical (unpaired) electrons. The monoisotopic (exact) mass is 497 g/mol. The number of aryl methyl sites for hydroxylation is 1. The molecular formula is C26H22Cl2FN3O2. The molecule has 0 fully saturated rings. The molecule has 1 heterocycles. The molecule has 34 heavy (non-hydrogen) atoms. The molecule has 1 N–H and O–H groups in total. The minimum Gasteiger partial charge on any atom is -0.489 e. The van der Waals surface area contributed by atoms with E-state index in [4.69, 9.17) is 27.9 Å². The van der Waals surface area contributed by atoms with Crippen molar-refractivity contribution in [3.05, 3.63) is 111 Å². The highest BCUT2D eigenvalue weighted by atomic mass is 35.5. The standard InChI is InChI=1S/C26H22Cl2FN3O2/c1-16-25(17(2)32(31-16)14-19-5-12-23(27)24(28)13-19)30-26(33)20-6-3-18(4-7-20)15-34-22-10-8-21(29)9-11-22/h3-13H,14-15H2,1-2H3,(H,30,33). The van der Waals surface area contributed by atoms with Crippen LogP contribution in [0.5, 0.6) is 5.75 Å². The van der Waals surface area contributed by atoms with Crippen LogP contribution < -0.4 is 10.1 Å². The van der Waals surface area contributed by atoms with Crippen molar-refractivity contribution in [3.63, 3.8) is 0 Å². The number of hydrogen-bond acceptors (Lipinski definition) is 3. The van der Waals surface area contributed by atoms with Gasteiger partial charge in [0.2, 0.25) is 0 Å². The molecule has 0 aliphatic carbocycles. The number of halogens is 3. The van der Waals surface area contributed by atoms with Crippen LogP contribution in [-0.2, 0) is 13.2 Å². The van der Waals surface area contributed by atoms with Crippen LogP contribution in [-0.4, -0.2) is 15.7 Å². The Bertz CT molecular complexity index is 1320. The van der Waals surface area contributed by atoms with Crippen molar-refractivity contribution in [2.45, 2.75) is 27.0 Å². The lowest BCUT2D eigenvalue weighted by Crippen LogP contribution is -2.13. The van der Waals surface area contributed by atoms with Crippen LogP contribution in [0.25, 0.3) is 0 Å². The maximum Gasteiger partial charge on any atom is 0.255 e. The second-order valence-corrected chi connectivity index (χ2v) is 8.66. The number of carbonyl (C=O) groups excluding carboxylic acids is 1. The van der Waals surface area contributed by atoms with Gasteiger partial charge in [0.15, 0.2) is 0 Å². The summed E-state index contributed by atoms with van der Waals surface area (Å²) in [6.07, 6.45) is 0. The summed E-state index contributed by atoms with van der Waals surface area (Å²) >= 11 is 12.1. The lowest BCUT2D eigenvalue weighted by atomic mass is 10.1. The number of ether oxygens (including phenoxy) is 1. The Morgan fingerprint density at radius 2 is 1.65 bits per heavy atom. The topological polar surface area (TPSA) is 56.2 Å². The molecule has 1 amide bonds. The number of aromatic nitrogens is 2. The zero-order chi connectivity index (χ0) is 24.2. The summed E-state index contributed by atoms with van der Waals surface area (Å²) in [6.45, 7) is 4.57. The molecule has 0 saturated heterocycles. The number of benzene rings is 3. The Labute approximate surface area is 207 Å². The summed E-state index contributed by atoms with van der Waals surface area (Å²) in [5, 5.41) is 8.52. The van der Waals surface area contributed by atoms with Crippen molar-refractivity contribution < 1.29 is 13.9 Å². The zero-order valence-electron chi connectivity index (χ0n) is 18.6. The maximum atomic E-state index is 13.0. The molecule has 0 spiro atoms. The van der Waals surface area contributed by atoms with E-state index in [1.807, 2.05) is 36.7 Å². The summed E-state index contributed by atoms with van der Waals surface area (Å²) in [5.41, 5.74) is 4.59. The quantitative estimate of drug-likeness (QED) is 0.304. The highest BCUT2D eigenvalue weighted by Gasteiger charge is 2.16. The van der Waals surface area contributed by atoms with E-state index in [1.54, 1.807) is 36.4 Å². The molecule has 0 atom stereocenters. The first-order valence-electron chi connectivity index (χ1n) is 10.6. The number of amides is 1. The largest absolute Gasteiger partial charge is 0.489 e. The third-order valence-electron chi connectivity index (χ3n) is 5.37. The first-order chi connectivity index (χ1) is 16.3. The first-order valence-corrected chi connectivity index (χ1v) is 11.3. The molecule has 0 aliphatic rings. The number of anilines is 1. The Kier molecular flexibility index (Phi) is 7.20. The number of rotatable bonds is 7. The van der Waals surface area contributed by atoms with E-state index < -0.39 is 0 Å². The third kappa shape index (κ3) is 5.58. The Morgan fingerprint density at radius 3 is 2.32 bits per heavy atom. The number of hydrogen-bond donors (Lipinski definition) is 1. The van der Waals surface area contributed by atoms with Crippen molar-refractivity contribution in [1.29, 1.82) is 0 Å². The van der Waals surface area contributed by atoms with E-state index in [-0.39, 0.29) is 11.7 Å². The predicted octanol–water partition coefficient (Wildman–Crippen LogP) is 6.83. The number of nitrogens with zero attached hydrogens (tertiary/aromatic N) is 2. The lowest BCUT2D eigenvalue weighted by molar-refractivity contribution is 0.102. The fourth-order valence-corrected chi connectivity index (χ4v) is 3.80. The van der Waals surface area contributed by atoms with Crippen molar-refractivity contribution in [1.82, 2.24) is 9.78 Å². The minimum atomic E-state index is -0.312. The van der Waals surface area contributed by atoms with Crippen LogP contribution >= 0.6 is 23.2 Å². The molecule has 4 rings (SSSR count). The van der Waals surface area contributed by atoms with Gasteiger partial charge in [-0.25, -0.2) is 4.39 Å². The fourth-order valence-electron chi connectivity index (χ4n) is 3.48. The molecule has 0 saturated carbocycles. The molecular weight excluding hydrogens is 476 g/mol. The van der Waals surface area contributed by atoms with Crippen molar-refractivity contribution in [2.24, 2.45) is 0 Å². The van der Waals surface area contributed by atoms with Crippen LogP contribution in [0.4, 0.5) is 10.1 Å². The van der Waals surface area contributed by atoms with Gasteiger partial charge in [-0.1, -0.05) is 41.4 Å².